The van der Waals surface area contributed by atoms with Gasteiger partial charge in [0.05, 0.1) is 58.3 Å². The van der Waals surface area contributed by atoms with Gasteiger partial charge >= 0.3 is 24.0 Å². The van der Waals surface area contributed by atoms with Gasteiger partial charge in [0.1, 0.15) is 40.7 Å². The first-order valence-electron chi connectivity index (χ1n) is 15.5. The summed E-state index contributed by atoms with van der Waals surface area (Å²) in [5, 5.41) is 2.79. The topological polar surface area (TPSA) is 154 Å². The third-order valence-corrected chi connectivity index (χ3v) is 5.50. The molecule has 13 heteroatoms. The predicted molar refractivity (Wildman–Crippen MR) is 165 cm³/mol. The summed E-state index contributed by atoms with van der Waals surface area (Å²) in [5.41, 5.74) is -2.69. The highest BCUT2D eigenvalue weighted by atomic mass is 16.6. The van der Waals surface area contributed by atoms with E-state index in [1.165, 1.54) is 0 Å². The predicted octanol–water partition coefficient (Wildman–Crippen LogP) is 4.26. The number of hydrogen-bond acceptors (Lipinski definition) is 12. The first-order chi connectivity index (χ1) is 20.4. The number of alkyl carbamates (subject to hydrolysis) is 1. The number of carbonyl (C=O) groups is 4. The molecule has 4 atom stereocenters. The Labute approximate surface area is 268 Å². The van der Waals surface area contributed by atoms with Crippen molar-refractivity contribution in [1.82, 2.24) is 5.32 Å². The third-order valence-electron chi connectivity index (χ3n) is 5.50. The Morgan fingerprint density at radius 1 is 0.600 bits per heavy atom. The Morgan fingerprint density at radius 2 is 1.00 bits per heavy atom. The third kappa shape index (κ3) is 19.6. The zero-order chi connectivity index (χ0) is 34.6. The van der Waals surface area contributed by atoms with Crippen molar-refractivity contribution in [3.63, 3.8) is 0 Å². The Bertz CT molecular complexity index is 953. The Kier molecular flexibility index (Phi) is 15.7. The molecular formula is C32H57NO12. The maximum Gasteiger partial charge on any atom is 0.408 e. The molecule has 0 saturated carbocycles. The number of hydrogen-bond donors (Lipinski definition) is 1. The molecule has 1 aliphatic rings. The summed E-state index contributed by atoms with van der Waals surface area (Å²) in [7, 11) is 0. The van der Waals surface area contributed by atoms with Crippen LogP contribution in [0.4, 0.5) is 4.79 Å². The lowest BCUT2D eigenvalue weighted by atomic mass is 9.97. The van der Waals surface area contributed by atoms with Crippen molar-refractivity contribution in [2.75, 3.05) is 33.0 Å². The van der Waals surface area contributed by atoms with E-state index in [2.05, 4.69) is 5.32 Å². The minimum atomic E-state index is -0.846. The number of nitrogens with one attached hydrogen (secondary N) is 1. The SMILES string of the molecule is CC(C)(C)OC(=O)CCOC[C@H]1OC[C@H](NC(=O)OC(C)(C)C)[C@@H](OCCC(=O)OC(C)(C)C)[C@@H]1OCCC(=O)OC(C)(C)C. The van der Waals surface area contributed by atoms with Crippen LogP contribution in [0.25, 0.3) is 0 Å². The summed E-state index contributed by atoms with van der Waals surface area (Å²) in [6.07, 6.45) is -3.12. The second kappa shape index (κ2) is 17.4. The molecule has 0 aromatic heterocycles. The van der Waals surface area contributed by atoms with Crippen molar-refractivity contribution in [3.05, 3.63) is 0 Å². The van der Waals surface area contributed by atoms with Crippen LogP contribution < -0.4 is 5.32 Å². The van der Waals surface area contributed by atoms with Crippen molar-refractivity contribution in [2.24, 2.45) is 0 Å². The van der Waals surface area contributed by atoms with E-state index >= 15 is 0 Å². The summed E-state index contributed by atoms with van der Waals surface area (Å²) < 4.78 is 45.7. The molecule has 0 bridgehead atoms. The van der Waals surface area contributed by atoms with Crippen LogP contribution in [0.3, 0.4) is 0 Å². The fourth-order valence-corrected chi connectivity index (χ4v) is 4.09. The molecule has 0 spiro atoms. The average molecular weight is 648 g/mol. The van der Waals surface area contributed by atoms with Gasteiger partial charge in [0.15, 0.2) is 0 Å². The molecule has 1 rings (SSSR count). The number of esters is 3. The molecule has 1 aliphatic heterocycles. The van der Waals surface area contributed by atoms with E-state index in [4.69, 9.17) is 37.9 Å². The molecular weight excluding hydrogens is 590 g/mol. The van der Waals surface area contributed by atoms with Crippen LogP contribution in [-0.2, 0) is 52.3 Å². The zero-order valence-electron chi connectivity index (χ0n) is 29.4. The summed E-state index contributed by atoms with van der Waals surface area (Å²) in [5.74, 6) is -1.30. The first-order valence-corrected chi connectivity index (χ1v) is 15.5. The van der Waals surface area contributed by atoms with E-state index in [1.54, 1.807) is 83.1 Å². The molecule has 45 heavy (non-hydrogen) atoms. The van der Waals surface area contributed by atoms with E-state index in [9.17, 15) is 19.2 Å². The van der Waals surface area contributed by atoms with Crippen LogP contribution in [0, 0.1) is 0 Å². The van der Waals surface area contributed by atoms with Gasteiger partial charge in [-0.2, -0.15) is 0 Å². The molecule has 1 amide bonds. The van der Waals surface area contributed by atoms with Crippen LogP contribution in [0.5, 0.6) is 0 Å². The molecule has 0 aromatic carbocycles. The van der Waals surface area contributed by atoms with Gasteiger partial charge < -0.3 is 43.2 Å². The molecule has 262 valence electrons. The molecule has 1 heterocycles. The number of rotatable bonds is 14. The first kappa shape index (κ1) is 40.5. The molecule has 1 N–H and O–H groups in total. The van der Waals surface area contributed by atoms with Gasteiger partial charge in [-0.05, 0) is 83.1 Å². The monoisotopic (exact) mass is 647 g/mol. The highest BCUT2D eigenvalue weighted by Gasteiger charge is 2.44. The van der Waals surface area contributed by atoms with Crippen molar-refractivity contribution in [2.45, 2.75) is 149 Å². The van der Waals surface area contributed by atoms with Crippen molar-refractivity contribution in [1.29, 1.82) is 0 Å². The van der Waals surface area contributed by atoms with Crippen LogP contribution >= 0.6 is 0 Å². The van der Waals surface area contributed by atoms with Crippen molar-refractivity contribution >= 4 is 24.0 Å². The van der Waals surface area contributed by atoms with E-state index in [0.717, 1.165) is 0 Å². The van der Waals surface area contributed by atoms with E-state index in [-0.39, 0.29) is 52.3 Å². The minimum absolute atomic E-state index is 0.0162. The van der Waals surface area contributed by atoms with Gasteiger partial charge in [-0.1, -0.05) is 0 Å². The highest BCUT2D eigenvalue weighted by molar-refractivity contribution is 5.70. The van der Waals surface area contributed by atoms with E-state index in [0.29, 0.717) is 0 Å². The normalized spacial score (nSPS) is 21.1. The fourth-order valence-electron chi connectivity index (χ4n) is 4.09. The zero-order valence-corrected chi connectivity index (χ0v) is 29.4. The molecule has 0 radical (unpaired) electrons. The summed E-state index contributed by atoms with van der Waals surface area (Å²) in [6.45, 7) is 21.2. The maximum absolute atomic E-state index is 12.7. The van der Waals surface area contributed by atoms with Gasteiger partial charge in [0.25, 0.3) is 0 Å². The minimum Gasteiger partial charge on any atom is -0.460 e. The Hall–Kier alpha value is -2.48. The lowest BCUT2D eigenvalue weighted by Gasteiger charge is -2.42. The van der Waals surface area contributed by atoms with Gasteiger partial charge in [-0.25, -0.2) is 4.79 Å². The van der Waals surface area contributed by atoms with Crippen molar-refractivity contribution in [3.8, 4) is 0 Å². The summed E-state index contributed by atoms with van der Waals surface area (Å²) in [4.78, 5) is 49.6. The van der Waals surface area contributed by atoms with Crippen molar-refractivity contribution < 1.29 is 57.1 Å². The van der Waals surface area contributed by atoms with Gasteiger partial charge in [-0.3, -0.25) is 14.4 Å². The smallest absolute Gasteiger partial charge is 0.408 e. The van der Waals surface area contributed by atoms with Crippen LogP contribution in [0.15, 0.2) is 0 Å². The number of carbonyl (C=O) groups excluding carboxylic acids is 4. The Balaban J connectivity index is 3.11. The molecule has 0 unspecified atom stereocenters. The Morgan fingerprint density at radius 3 is 1.42 bits per heavy atom. The van der Waals surface area contributed by atoms with E-state index in [1.807, 2.05) is 0 Å². The second-order valence-electron chi connectivity index (χ2n) is 14.9. The molecule has 1 saturated heterocycles. The van der Waals surface area contributed by atoms with Crippen LogP contribution in [0.1, 0.15) is 102 Å². The molecule has 1 fully saturated rings. The van der Waals surface area contributed by atoms with Crippen LogP contribution in [0.2, 0.25) is 0 Å². The van der Waals surface area contributed by atoms with Crippen LogP contribution in [-0.4, -0.2) is 104 Å². The lowest BCUT2D eigenvalue weighted by Crippen LogP contribution is -2.62. The molecule has 0 aromatic rings. The standard InChI is InChI=1S/C32H57NO12/c1-29(2,3)42-23(34)13-16-38-20-22-27(40-18-15-25(36)44-31(7,8)9)26(39-17-14-24(35)43-30(4,5)6)21(19-41-22)33-28(37)45-32(10,11)12/h21-22,26-27H,13-20H2,1-12H3,(H,33,37)/t21-,22+,26+,27+/m0/s1. The van der Waals surface area contributed by atoms with Gasteiger partial charge in [0, 0.05) is 0 Å². The lowest BCUT2D eigenvalue weighted by molar-refractivity contribution is -0.204. The summed E-state index contributed by atoms with van der Waals surface area (Å²) >= 11 is 0. The largest absolute Gasteiger partial charge is 0.460 e. The second-order valence-corrected chi connectivity index (χ2v) is 14.9. The number of amides is 1. The quantitative estimate of drug-likeness (QED) is 0.163. The fraction of sp³-hybridized carbons (Fsp3) is 0.875. The average Bonchev–Trinajstić information content (AvgIpc) is 2.79. The molecule has 0 aliphatic carbocycles. The van der Waals surface area contributed by atoms with Gasteiger partial charge in [0.2, 0.25) is 0 Å². The van der Waals surface area contributed by atoms with Gasteiger partial charge in [-0.15, -0.1) is 0 Å². The maximum atomic E-state index is 12.7. The highest BCUT2D eigenvalue weighted by Crippen LogP contribution is 2.24. The molecule has 13 nitrogen and oxygen atoms in total. The van der Waals surface area contributed by atoms with E-state index < -0.39 is 70.8 Å². The number of ether oxygens (including phenoxy) is 8. The summed E-state index contributed by atoms with van der Waals surface area (Å²) in [6, 6.07) is -0.733.